The number of aryl methyl sites for hydroxylation is 1. The Morgan fingerprint density at radius 2 is 1.69 bits per heavy atom. The Hall–Kier alpha value is -3.25. The molecule has 0 aromatic heterocycles. The van der Waals surface area contributed by atoms with Crippen LogP contribution in [0.1, 0.15) is 40.9 Å². The summed E-state index contributed by atoms with van der Waals surface area (Å²) < 4.78 is 0.853. The number of hydrogen-bond donors (Lipinski definition) is 0. The Morgan fingerprint density at radius 3 is 2.34 bits per heavy atom. The molecule has 2 unspecified atom stereocenters. The number of imide groups is 1. The molecule has 32 heavy (non-hydrogen) atoms. The van der Waals surface area contributed by atoms with E-state index in [2.05, 4.69) is 15.9 Å². The lowest BCUT2D eigenvalue weighted by molar-refractivity contribution is -0.122. The molecule has 0 spiro atoms. The number of carbonyl (C=O) groups excluding carboxylic acids is 3. The van der Waals surface area contributed by atoms with Crippen LogP contribution in [0.3, 0.4) is 0 Å². The molecule has 0 radical (unpaired) electrons. The van der Waals surface area contributed by atoms with Gasteiger partial charge >= 0.3 is 0 Å². The van der Waals surface area contributed by atoms with E-state index < -0.39 is 12.1 Å². The first-order valence-corrected chi connectivity index (χ1v) is 11.2. The normalized spacial score (nSPS) is 16.8. The van der Waals surface area contributed by atoms with Crippen molar-refractivity contribution in [1.29, 1.82) is 0 Å². The average Bonchev–Trinajstić information content (AvgIpc) is 3.08. The maximum Gasteiger partial charge on any atom is 0.257 e. The Kier molecular flexibility index (Phi) is 6.24. The third-order valence-corrected chi connectivity index (χ3v) is 6.27. The van der Waals surface area contributed by atoms with Crippen molar-refractivity contribution in [3.8, 4) is 0 Å². The zero-order chi connectivity index (χ0) is 22.8. The van der Waals surface area contributed by atoms with Crippen LogP contribution in [-0.2, 0) is 9.59 Å². The summed E-state index contributed by atoms with van der Waals surface area (Å²) in [5, 5.41) is 0. The van der Waals surface area contributed by atoms with Crippen molar-refractivity contribution in [2.24, 2.45) is 0 Å². The molecular formula is C26H23BrN2O3. The molecule has 1 aliphatic rings. The summed E-state index contributed by atoms with van der Waals surface area (Å²) in [5.41, 5.74) is 2.85. The zero-order valence-electron chi connectivity index (χ0n) is 17.9. The Bertz CT molecular complexity index is 1160. The van der Waals surface area contributed by atoms with Crippen molar-refractivity contribution in [2.75, 3.05) is 4.90 Å². The summed E-state index contributed by atoms with van der Waals surface area (Å²) in [6.07, 6.45) is -0.0520. The summed E-state index contributed by atoms with van der Waals surface area (Å²) in [4.78, 5) is 42.8. The van der Waals surface area contributed by atoms with Gasteiger partial charge in [0.25, 0.3) is 11.8 Å². The highest BCUT2D eigenvalue weighted by molar-refractivity contribution is 9.10. The third kappa shape index (κ3) is 4.23. The maximum atomic E-state index is 13.7. The zero-order valence-corrected chi connectivity index (χ0v) is 19.5. The van der Waals surface area contributed by atoms with Gasteiger partial charge in [0, 0.05) is 10.0 Å². The number of hydrogen-bond acceptors (Lipinski definition) is 3. The van der Waals surface area contributed by atoms with Crippen LogP contribution >= 0.6 is 15.9 Å². The molecule has 3 aromatic carbocycles. The van der Waals surface area contributed by atoms with Gasteiger partial charge in [-0.1, -0.05) is 64.0 Å². The quantitative estimate of drug-likeness (QED) is 0.456. The largest absolute Gasteiger partial charge is 0.319 e. The molecule has 5 nitrogen and oxygen atoms in total. The van der Waals surface area contributed by atoms with Gasteiger partial charge in [-0.05, 0) is 55.8 Å². The highest BCUT2D eigenvalue weighted by Gasteiger charge is 2.46. The summed E-state index contributed by atoms with van der Waals surface area (Å²) in [6, 6.07) is 22.6. The van der Waals surface area contributed by atoms with E-state index in [1.807, 2.05) is 56.3 Å². The van der Waals surface area contributed by atoms with Crippen LogP contribution in [0.15, 0.2) is 83.3 Å². The number of carbonyl (C=O) groups is 3. The van der Waals surface area contributed by atoms with Crippen molar-refractivity contribution in [3.63, 3.8) is 0 Å². The van der Waals surface area contributed by atoms with E-state index in [1.165, 1.54) is 4.90 Å². The van der Waals surface area contributed by atoms with Gasteiger partial charge in [-0.3, -0.25) is 14.4 Å². The van der Waals surface area contributed by atoms with Gasteiger partial charge in [0.05, 0.1) is 18.2 Å². The molecular weight excluding hydrogens is 468 g/mol. The first kappa shape index (κ1) is 22.0. The molecule has 3 amide bonds. The van der Waals surface area contributed by atoms with Crippen molar-refractivity contribution in [2.45, 2.75) is 32.4 Å². The fourth-order valence-corrected chi connectivity index (χ4v) is 4.37. The highest BCUT2D eigenvalue weighted by atomic mass is 79.9. The number of benzene rings is 3. The van der Waals surface area contributed by atoms with Crippen LogP contribution in [0, 0.1) is 6.92 Å². The summed E-state index contributed by atoms with van der Waals surface area (Å²) in [7, 11) is 0. The highest BCUT2D eigenvalue weighted by Crippen LogP contribution is 2.33. The molecule has 6 heteroatoms. The first-order chi connectivity index (χ1) is 15.4. The number of rotatable bonds is 5. The second kappa shape index (κ2) is 9.09. The molecule has 0 aliphatic carbocycles. The lowest BCUT2D eigenvalue weighted by Crippen LogP contribution is -2.46. The molecule has 3 aromatic rings. The molecule has 1 fully saturated rings. The number of amides is 3. The van der Waals surface area contributed by atoms with E-state index in [0.29, 0.717) is 11.3 Å². The summed E-state index contributed by atoms with van der Waals surface area (Å²) in [6.45, 7) is 3.81. The number of anilines is 1. The smallest absolute Gasteiger partial charge is 0.257 e. The van der Waals surface area contributed by atoms with Gasteiger partial charge < -0.3 is 4.90 Å². The molecule has 4 rings (SSSR count). The molecule has 162 valence electrons. The Labute approximate surface area is 195 Å². The van der Waals surface area contributed by atoms with E-state index in [4.69, 9.17) is 0 Å². The average molecular weight is 491 g/mol. The van der Waals surface area contributed by atoms with Gasteiger partial charge in [-0.15, -0.1) is 0 Å². The van der Waals surface area contributed by atoms with Crippen molar-refractivity contribution in [1.82, 2.24) is 4.90 Å². The van der Waals surface area contributed by atoms with Crippen LogP contribution in [-0.4, -0.2) is 28.7 Å². The van der Waals surface area contributed by atoms with E-state index in [-0.39, 0.29) is 24.1 Å². The fourth-order valence-electron chi connectivity index (χ4n) is 4.10. The minimum absolute atomic E-state index is 0.0520. The molecule has 1 heterocycles. The molecule has 0 N–H and O–H groups in total. The van der Waals surface area contributed by atoms with E-state index in [9.17, 15) is 14.4 Å². The van der Waals surface area contributed by atoms with E-state index >= 15 is 0 Å². The topological polar surface area (TPSA) is 57.7 Å². The molecule has 1 aliphatic heterocycles. The Morgan fingerprint density at radius 1 is 1.00 bits per heavy atom. The maximum absolute atomic E-state index is 13.7. The monoisotopic (exact) mass is 490 g/mol. The van der Waals surface area contributed by atoms with Crippen LogP contribution in [0.25, 0.3) is 0 Å². The summed E-state index contributed by atoms with van der Waals surface area (Å²) >= 11 is 3.37. The first-order valence-electron chi connectivity index (χ1n) is 10.4. The van der Waals surface area contributed by atoms with Gasteiger partial charge in [-0.2, -0.15) is 0 Å². The van der Waals surface area contributed by atoms with Crippen molar-refractivity contribution in [3.05, 3.63) is 100 Å². The van der Waals surface area contributed by atoms with Crippen LogP contribution in [0.4, 0.5) is 5.69 Å². The molecule has 1 saturated heterocycles. The molecule has 0 saturated carbocycles. The van der Waals surface area contributed by atoms with Gasteiger partial charge in [0.2, 0.25) is 5.91 Å². The molecule has 2 atom stereocenters. The standard InChI is InChI=1S/C26H23BrN2O3/c1-17-7-6-10-20(15-17)25(31)28(18(2)19-8-4-3-5-9-19)23-16-24(30)29(26(23)32)22-13-11-21(27)12-14-22/h3-15,18,23H,16H2,1-2H3. The van der Waals surface area contributed by atoms with E-state index in [0.717, 1.165) is 15.6 Å². The van der Waals surface area contributed by atoms with Crippen LogP contribution < -0.4 is 4.90 Å². The Balaban J connectivity index is 1.74. The predicted molar refractivity (Wildman–Crippen MR) is 127 cm³/mol. The third-order valence-electron chi connectivity index (χ3n) is 5.74. The van der Waals surface area contributed by atoms with E-state index in [1.54, 1.807) is 41.3 Å². The lowest BCUT2D eigenvalue weighted by atomic mass is 10.0. The lowest BCUT2D eigenvalue weighted by Gasteiger charge is -2.33. The second-order valence-electron chi connectivity index (χ2n) is 7.93. The van der Waals surface area contributed by atoms with Crippen LogP contribution in [0.5, 0.6) is 0 Å². The minimum Gasteiger partial charge on any atom is -0.319 e. The van der Waals surface area contributed by atoms with Gasteiger partial charge in [0.15, 0.2) is 0 Å². The fraction of sp³-hybridized carbons (Fsp3) is 0.192. The molecule has 0 bridgehead atoms. The second-order valence-corrected chi connectivity index (χ2v) is 8.85. The van der Waals surface area contributed by atoms with Gasteiger partial charge in [-0.25, -0.2) is 4.90 Å². The number of halogens is 1. The number of nitrogens with zero attached hydrogens (tertiary/aromatic N) is 2. The van der Waals surface area contributed by atoms with Crippen LogP contribution in [0.2, 0.25) is 0 Å². The predicted octanol–water partition coefficient (Wildman–Crippen LogP) is 5.29. The SMILES string of the molecule is Cc1cccc(C(=O)N(C2CC(=O)N(c3ccc(Br)cc3)C2=O)C(C)c2ccccc2)c1. The minimum atomic E-state index is -0.880. The van der Waals surface area contributed by atoms with Crippen molar-refractivity contribution >= 4 is 39.3 Å². The summed E-state index contributed by atoms with van der Waals surface area (Å²) in [5.74, 6) is -0.973. The van der Waals surface area contributed by atoms with Crippen molar-refractivity contribution < 1.29 is 14.4 Å². The van der Waals surface area contributed by atoms with Gasteiger partial charge in [0.1, 0.15) is 6.04 Å².